The highest BCUT2D eigenvalue weighted by molar-refractivity contribution is 6.11. The summed E-state index contributed by atoms with van der Waals surface area (Å²) in [6, 6.07) is 4.87. The maximum Gasteiger partial charge on any atom is 0.346 e. The molecule has 0 unspecified atom stereocenters. The van der Waals surface area contributed by atoms with Gasteiger partial charge in [0.2, 0.25) is 0 Å². The van der Waals surface area contributed by atoms with Gasteiger partial charge in [0.15, 0.2) is 0 Å². The van der Waals surface area contributed by atoms with E-state index >= 15 is 0 Å². The molecule has 0 saturated carbocycles. The lowest BCUT2D eigenvalue weighted by molar-refractivity contribution is -0.152. The molecule has 3 rings (SSSR count). The number of hydrogen-bond donors (Lipinski definition) is 4. The fourth-order valence-electron chi connectivity index (χ4n) is 2.69. The highest BCUT2D eigenvalue weighted by Gasteiger charge is 2.26. The average Bonchev–Trinajstić information content (AvgIpc) is 3.20. The van der Waals surface area contributed by atoms with Crippen molar-refractivity contribution in [1.82, 2.24) is 0 Å². The molecule has 14 nitrogen and oxygen atoms in total. The molecule has 4 N–H and O–H groups in total. The van der Waals surface area contributed by atoms with E-state index in [0.29, 0.717) is 12.1 Å². The van der Waals surface area contributed by atoms with Crippen LogP contribution < -0.4 is 0 Å². The molecule has 0 atom stereocenters. The monoisotopic (exact) mass is 502 g/mol. The zero-order valence-corrected chi connectivity index (χ0v) is 17.7. The molecule has 0 aliphatic carbocycles. The van der Waals surface area contributed by atoms with Crippen LogP contribution in [0.1, 0.15) is 75.0 Å². The number of carboxylic acids is 4. The summed E-state index contributed by atoms with van der Waals surface area (Å²) >= 11 is 0. The molecule has 0 spiro atoms. The van der Waals surface area contributed by atoms with Crippen molar-refractivity contribution in [2.75, 3.05) is 0 Å². The lowest BCUT2D eigenvalue weighted by Crippen LogP contribution is -2.19. The second-order valence-corrected chi connectivity index (χ2v) is 6.76. The van der Waals surface area contributed by atoms with Crippen LogP contribution >= 0.6 is 0 Å². The first-order chi connectivity index (χ1) is 16.8. The Bertz CT molecular complexity index is 1220. The summed E-state index contributed by atoms with van der Waals surface area (Å²) < 4.78 is 8.59. The number of carbonyl (C=O) groups is 8. The van der Waals surface area contributed by atoms with Gasteiger partial charge in [-0.1, -0.05) is 0 Å². The molecule has 36 heavy (non-hydrogen) atoms. The van der Waals surface area contributed by atoms with Gasteiger partial charge in [-0.15, -0.1) is 0 Å². The van der Waals surface area contributed by atoms with Crippen molar-refractivity contribution in [1.29, 1.82) is 0 Å². The van der Waals surface area contributed by atoms with Gasteiger partial charge in [-0.2, -0.15) is 0 Å². The molecule has 1 aliphatic rings. The van der Waals surface area contributed by atoms with E-state index in [1.807, 2.05) is 0 Å². The second-order valence-electron chi connectivity index (χ2n) is 6.76. The third kappa shape index (κ3) is 6.57. The minimum absolute atomic E-state index is 0.263. The summed E-state index contributed by atoms with van der Waals surface area (Å²) in [7, 11) is 0. The number of aromatic carboxylic acids is 4. The van der Waals surface area contributed by atoms with Crippen LogP contribution in [0.25, 0.3) is 0 Å². The van der Waals surface area contributed by atoms with Gasteiger partial charge >= 0.3 is 47.8 Å². The first kappa shape index (κ1) is 26.8. The molecule has 0 bridgehead atoms. The number of ether oxygens (including phenoxy) is 2. The average molecular weight is 502 g/mol. The van der Waals surface area contributed by atoms with Gasteiger partial charge < -0.3 is 29.9 Å². The van der Waals surface area contributed by atoms with Gasteiger partial charge in [0.1, 0.15) is 0 Å². The summed E-state index contributed by atoms with van der Waals surface area (Å²) in [5.74, 6) is -9.96. The van der Waals surface area contributed by atoms with E-state index in [9.17, 15) is 38.4 Å². The van der Waals surface area contributed by atoms with E-state index in [0.717, 1.165) is 24.3 Å². The van der Waals surface area contributed by atoms with Crippen molar-refractivity contribution in [2.24, 2.45) is 0 Å². The molecule has 0 aromatic heterocycles. The standard InChI is InChI=1S/C18H10O11.C4H4O3/c19-13(20)7-1-3-9(11(5-7)15(23)24)17(27)29-18(28)10-4-2-8(14(21)22)6-12(10)16(25)26;5-3-1-2-4(6)7-3/h1-6H,(H,19,20)(H,21,22)(H,23,24)(H,25,26);1-2H2. The summed E-state index contributed by atoms with van der Waals surface area (Å²) in [5.41, 5.74) is -3.64. The molecule has 1 heterocycles. The fourth-order valence-corrected chi connectivity index (χ4v) is 2.69. The summed E-state index contributed by atoms with van der Waals surface area (Å²) in [4.78, 5) is 88.8. The molecule has 1 saturated heterocycles. The predicted molar refractivity (Wildman–Crippen MR) is 111 cm³/mol. The highest BCUT2D eigenvalue weighted by Crippen LogP contribution is 2.18. The van der Waals surface area contributed by atoms with Crippen LogP contribution in [0.5, 0.6) is 0 Å². The van der Waals surface area contributed by atoms with E-state index in [1.54, 1.807) is 0 Å². The van der Waals surface area contributed by atoms with Crippen molar-refractivity contribution in [3.63, 3.8) is 0 Å². The van der Waals surface area contributed by atoms with Crippen molar-refractivity contribution < 1.29 is 68.3 Å². The van der Waals surface area contributed by atoms with Gasteiger partial charge in [-0.3, -0.25) is 9.59 Å². The van der Waals surface area contributed by atoms with Crippen molar-refractivity contribution in [2.45, 2.75) is 12.8 Å². The Kier molecular flexibility index (Phi) is 8.32. The van der Waals surface area contributed by atoms with Crippen LogP contribution in [0.3, 0.4) is 0 Å². The molecule has 14 heteroatoms. The van der Waals surface area contributed by atoms with Crippen LogP contribution in [0.4, 0.5) is 0 Å². The van der Waals surface area contributed by atoms with Gasteiger partial charge in [-0.25, -0.2) is 28.8 Å². The molecular weight excluding hydrogens is 488 g/mol. The Morgan fingerprint density at radius 1 is 0.583 bits per heavy atom. The number of cyclic esters (lactones) is 2. The molecular formula is C22H14O14. The van der Waals surface area contributed by atoms with Crippen LogP contribution in [0.15, 0.2) is 36.4 Å². The SMILES string of the molecule is O=C(O)c1ccc(C(=O)OC(=O)c2ccc(C(=O)O)cc2C(=O)O)c(C(=O)O)c1.O=C1CCC(=O)O1. The van der Waals surface area contributed by atoms with E-state index < -0.39 is 81.1 Å². The number of esters is 4. The molecule has 186 valence electrons. The van der Waals surface area contributed by atoms with E-state index in [1.165, 1.54) is 0 Å². The largest absolute Gasteiger partial charge is 0.478 e. The second kappa shape index (κ2) is 11.1. The fraction of sp³-hybridized carbons (Fsp3) is 0.0909. The van der Waals surface area contributed by atoms with E-state index in [4.69, 9.17) is 20.4 Å². The molecule has 0 amide bonds. The van der Waals surface area contributed by atoms with Crippen LogP contribution in [-0.2, 0) is 19.1 Å². The normalized spacial score (nSPS) is 12.0. The zero-order valence-electron chi connectivity index (χ0n) is 17.7. The molecule has 2 aromatic carbocycles. The lowest BCUT2D eigenvalue weighted by Gasteiger charge is -2.09. The molecule has 0 radical (unpaired) electrons. The zero-order chi connectivity index (χ0) is 27.2. The van der Waals surface area contributed by atoms with Gasteiger partial charge in [0.25, 0.3) is 0 Å². The number of rotatable bonds is 6. The minimum Gasteiger partial charge on any atom is -0.478 e. The summed E-state index contributed by atoms with van der Waals surface area (Å²) in [5, 5.41) is 36.1. The smallest absolute Gasteiger partial charge is 0.346 e. The quantitative estimate of drug-likeness (QED) is 0.322. The Hall–Kier alpha value is -5.40. The summed E-state index contributed by atoms with van der Waals surface area (Å²) in [6.07, 6.45) is 0.525. The van der Waals surface area contributed by atoms with Gasteiger partial charge in [0, 0.05) is 0 Å². The molecule has 1 fully saturated rings. The number of carboxylic acid groups (broad SMARTS) is 4. The van der Waals surface area contributed by atoms with Gasteiger partial charge in [-0.05, 0) is 36.4 Å². The Morgan fingerprint density at radius 3 is 1.19 bits per heavy atom. The van der Waals surface area contributed by atoms with Gasteiger partial charge in [0.05, 0.1) is 46.2 Å². The van der Waals surface area contributed by atoms with Crippen LogP contribution in [0.2, 0.25) is 0 Å². The van der Waals surface area contributed by atoms with Crippen molar-refractivity contribution >= 4 is 47.8 Å². The van der Waals surface area contributed by atoms with E-state index in [-0.39, 0.29) is 12.8 Å². The summed E-state index contributed by atoms with van der Waals surface area (Å²) in [6.45, 7) is 0. The molecule has 2 aromatic rings. The lowest BCUT2D eigenvalue weighted by atomic mass is 10.0. The van der Waals surface area contributed by atoms with Crippen LogP contribution in [0, 0.1) is 0 Å². The Labute approximate surface area is 199 Å². The van der Waals surface area contributed by atoms with Crippen molar-refractivity contribution in [3.05, 3.63) is 69.8 Å². The first-order valence-electron chi connectivity index (χ1n) is 9.53. The number of benzene rings is 2. The number of hydrogen-bond acceptors (Lipinski definition) is 10. The van der Waals surface area contributed by atoms with E-state index in [2.05, 4.69) is 9.47 Å². The Morgan fingerprint density at radius 2 is 0.944 bits per heavy atom. The third-order valence-electron chi connectivity index (χ3n) is 4.38. The Balaban J connectivity index is 0.000000558. The topological polar surface area (TPSA) is 236 Å². The first-order valence-corrected chi connectivity index (χ1v) is 9.53. The van der Waals surface area contributed by atoms with Crippen molar-refractivity contribution in [3.8, 4) is 0 Å². The highest BCUT2D eigenvalue weighted by atomic mass is 16.6. The predicted octanol–water partition coefficient (Wildman–Crippen LogP) is 1.33. The maximum atomic E-state index is 12.2. The minimum atomic E-state index is -1.66. The van der Waals surface area contributed by atoms with Crippen LogP contribution in [-0.4, -0.2) is 68.2 Å². The maximum absolute atomic E-state index is 12.2. The number of carbonyl (C=O) groups excluding carboxylic acids is 4. The molecule has 1 aliphatic heterocycles. The third-order valence-corrected chi connectivity index (χ3v) is 4.38.